The highest BCUT2D eigenvalue weighted by Gasteiger charge is 2.07. The van der Waals surface area contributed by atoms with E-state index >= 15 is 0 Å². The molecular weight excluding hydrogens is 300 g/mol. The van der Waals surface area contributed by atoms with Crippen molar-refractivity contribution in [3.05, 3.63) is 65.9 Å². The average Bonchev–Trinajstić information content (AvgIpc) is 2.65. The Labute approximate surface area is 140 Å². The van der Waals surface area contributed by atoms with Gasteiger partial charge in [-0.3, -0.25) is 0 Å². The summed E-state index contributed by atoms with van der Waals surface area (Å²) in [6, 6.07) is 19.4. The molecule has 3 rings (SSSR count). The normalized spacial score (nSPS) is 11.1. The fraction of sp³-hybridized carbons (Fsp3) is 0.100. The molecule has 0 bridgehead atoms. The third kappa shape index (κ3) is 3.06. The van der Waals surface area contributed by atoms with Gasteiger partial charge in [0.2, 0.25) is 0 Å². The summed E-state index contributed by atoms with van der Waals surface area (Å²) in [4.78, 5) is 4.57. The maximum Gasteiger partial charge on any atom is 0.161 e. The van der Waals surface area contributed by atoms with Crippen LogP contribution in [0, 0.1) is 11.3 Å². The summed E-state index contributed by atoms with van der Waals surface area (Å²) in [5, 5.41) is 10.6. The maximum atomic E-state index is 9.53. The Morgan fingerprint density at radius 1 is 1.00 bits per heavy atom. The van der Waals surface area contributed by atoms with Gasteiger partial charge in [0.05, 0.1) is 31.0 Å². The molecule has 0 amide bonds. The second kappa shape index (κ2) is 6.84. The van der Waals surface area contributed by atoms with Gasteiger partial charge in [-0.1, -0.05) is 30.3 Å². The van der Waals surface area contributed by atoms with Crippen LogP contribution in [-0.2, 0) is 0 Å². The van der Waals surface area contributed by atoms with Gasteiger partial charge in [0.1, 0.15) is 6.07 Å². The summed E-state index contributed by atoms with van der Waals surface area (Å²) in [6.07, 6.45) is 1.79. The van der Waals surface area contributed by atoms with Gasteiger partial charge in [0.25, 0.3) is 0 Å². The molecule has 3 aromatic rings. The zero-order valence-electron chi connectivity index (χ0n) is 13.5. The van der Waals surface area contributed by atoms with Crippen LogP contribution in [0.2, 0.25) is 0 Å². The standard InChI is InChI=1S/C20H16N2O2/c1-23-19-10-7-14(12-20(19)24-2)11-16(13-21)18-9-8-15-5-3-4-6-17(15)22-18/h3-12H,1-2H3. The van der Waals surface area contributed by atoms with Crippen LogP contribution in [0.4, 0.5) is 0 Å². The molecule has 0 unspecified atom stereocenters. The van der Waals surface area contributed by atoms with E-state index in [9.17, 15) is 5.26 Å². The molecule has 0 aliphatic carbocycles. The van der Waals surface area contributed by atoms with E-state index in [2.05, 4.69) is 11.1 Å². The molecule has 4 nitrogen and oxygen atoms in total. The molecule has 0 radical (unpaired) electrons. The summed E-state index contributed by atoms with van der Waals surface area (Å²) >= 11 is 0. The number of rotatable bonds is 4. The lowest BCUT2D eigenvalue weighted by Gasteiger charge is -2.08. The first-order chi connectivity index (χ1) is 11.7. The molecule has 0 atom stereocenters. The van der Waals surface area contributed by atoms with Crippen LogP contribution in [0.5, 0.6) is 11.5 Å². The van der Waals surface area contributed by atoms with E-state index in [-0.39, 0.29) is 0 Å². The third-order valence-corrected chi connectivity index (χ3v) is 3.71. The predicted molar refractivity (Wildman–Crippen MR) is 94.8 cm³/mol. The van der Waals surface area contributed by atoms with Crippen molar-refractivity contribution in [2.24, 2.45) is 0 Å². The quantitative estimate of drug-likeness (QED) is 0.673. The van der Waals surface area contributed by atoms with Gasteiger partial charge in [0.15, 0.2) is 11.5 Å². The highest BCUT2D eigenvalue weighted by molar-refractivity contribution is 5.91. The molecule has 0 N–H and O–H groups in total. The van der Waals surface area contributed by atoms with E-state index in [0.717, 1.165) is 16.5 Å². The number of allylic oxidation sites excluding steroid dienone is 1. The predicted octanol–water partition coefficient (Wildman–Crippen LogP) is 4.32. The minimum atomic E-state index is 0.493. The minimum absolute atomic E-state index is 0.493. The molecule has 118 valence electrons. The second-order valence-corrected chi connectivity index (χ2v) is 5.17. The number of hydrogen-bond acceptors (Lipinski definition) is 4. The van der Waals surface area contributed by atoms with Gasteiger partial charge < -0.3 is 9.47 Å². The largest absolute Gasteiger partial charge is 0.493 e. The molecule has 0 aliphatic rings. The first kappa shape index (κ1) is 15.6. The third-order valence-electron chi connectivity index (χ3n) is 3.71. The van der Waals surface area contributed by atoms with E-state index in [1.807, 2.05) is 54.6 Å². The first-order valence-corrected chi connectivity index (χ1v) is 7.45. The zero-order chi connectivity index (χ0) is 16.9. The van der Waals surface area contributed by atoms with Gasteiger partial charge in [-0.15, -0.1) is 0 Å². The van der Waals surface area contributed by atoms with Crippen molar-refractivity contribution in [2.45, 2.75) is 0 Å². The van der Waals surface area contributed by atoms with Gasteiger partial charge in [-0.2, -0.15) is 5.26 Å². The number of fused-ring (bicyclic) bond motifs is 1. The summed E-state index contributed by atoms with van der Waals surface area (Å²) in [7, 11) is 3.18. The summed E-state index contributed by atoms with van der Waals surface area (Å²) in [5.74, 6) is 1.27. The molecule has 0 saturated heterocycles. The van der Waals surface area contributed by atoms with E-state index in [1.54, 1.807) is 20.3 Å². The summed E-state index contributed by atoms with van der Waals surface area (Å²) in [6.45, 7) is 0. The van der Waals surface area contributed by atoms with Crippen molar-refractivity contribution in [1.29, 1.82) is 5.26 Å². The summed E-state index contributed by atoms with van der Waals surface area (Å²) < 4.78 is 10.5. The van der Waals surface area contributed by atoms with Crippen molar-refractivity contribution >= 4 is 22.6 Å². The van der Waals surface area contributed by atoms with Crippen molar-refractivity contribution in [1.82, 2.24) is 4.98 Å². The Balaban J connectivity index is 2.04. The number of methoxy groups -OCH3 is 2. The molecule has 24 heavy (non-hydrogen) atoms. The SMILES string of the molecule is COc1ccc(C=C(C#N)c2ccc3ccccc3n2)cc1OC. The summed E-state index contributed by atoms with van der Waals surface area (Å²) in [5.41, 5.74) is 2.85. The Bertz CT molecular complexity index is 955. The fourth-order valence-electron chi connectivity index (χ4n) is 2.49. The monoisotopic (exact) mass is 316 g/mol. The van der Waals surface area contributed by atoms with Gasteiger partial charge >= 0.3 is 0 Å². The minimum Gasteiger partial charge on any atom is -0.493 e. The van der Waals surface area contributed by atoms with Crippen molar-refractivity contribution in [3.63, 3.8) is 0 Å². The number of pyridine rings is 1. The van der Waals surface area contributed by atoms with Crippen molar-refractivity contribution < 1.29 is 9.47 Å². The topological polar surface area (TPSA) is 55.1 Å². The zero-order valence-corrected chi connectivity index (χ0v) is 13.5. The Kier molecular flexibility index (Phi) is 4.44. The lowest BCUT2D eigenvalue weighted by Crippen LogP contribution is -1.91. The highest BCUT2D eigenvalue weighted by Crippen LogP contribution is 2.29. The van der Waals surface area contributed by atoms with E-state index in [4.69, 9.17) is 9.47 Å². The molecule has 4 heteroatoms. The molecule has 0 fully saturated rings. The van der Waals surface area contributed by atoms with Crippen LogP contribution in [0.15, 0.2) is 54.6 Å². The lowest BCUT2D eigenvalue weighted by molar-refractivity contribution is 0.355. The molecular formula is C20H16N2O2. The molecule has 0 saturated carbocycles. The van der Waals surface area contributed by atoms with Crippen LogP contribution in [-0.4, -0.2) is 19.2 Å². The maximum absolute atomic E-state index is 9.53. The van der Waals surface area contributed by atoms with Crippen LogP contribution < -0.4 is 9.47 Å². The molecule has 1 aromatic heterocycles. The number of ether oxygens (including phenoxy) is 2. The molecule has 1 heterocycles. The fourth-order valence-corrected chi connectivity index (χ4v) is 2.49. The number of nitriles is 1. The van der Waals surface area contributed by atoms with Crippen LogP contribution in [0.25, 0.3) is 22.6 Å². The van der Waals surface area contributed by atoms with Gasteiger partial charge in [-0.25, -0.2) is 4.98 Å². The Hall–Kier alpha value is -3.32. The highest BCUT2D eigenvalue weighted by atomic mass is 16.5. The van der Waals surface area contributed by atoms with Crippen molar-refractivity contribution in [3.8, 4) is 17.6 Å². The molecule has 2 aromatic carbocycles. The number of nitrogens with zero attached hydrogens (tertiary/aromatic N) is 2. The number of para-hydroxylation sites is 1. The smallest absolute Gasteiger partial charge is 0.161 e. The van der Waals surface area contributed by atoms with Crippen molar-refractivity contribution in [2.75, 3.05) is 14.2 Å². The number of aromatic nitrogens is 1. The van der Waals surface area contributed by atoms with Gasteiger partial charge in [0, 0.05) is 5.39 Å². The van der Waals surface area contributed by atoms with E-state index < -0.39 is 0 Å². The molecule has 0 spiro atoms. The van der Waals surface area contributed by atoms with Gasteiger partial charge in [-0.05, 0) is 35.9 Å². The van der Waals surface area contributed by atoms with Crippen LogP contribution >= 0.6 is 0 Å². The lowest BCUT2D eigenvalue weighted by atomic mass is 10.1. The van der Waals surface area contributed by atoms with Crippen LogP contribution in [0.3, 0.4) is 0 Å². The number of hydrogen-bond donors (Lipinski definition) is 0. The van der Waals surface area contributed by atoms with E-state index in [0.29, 0.717) is 22.8 Å². The Morgan fingerprint density at radius 2 is 1.79 bits per heavy atom. The second-order valence-electron chi connectivity index (χ2n) is 5.17. The molecule has 0 aliphatic heterocycles. The van der Waals surface area contributed by atoms with Crippen LogP contribution in [0.1, 0.15) is 11.3 Å². The average molecular weight is 316 g/mol. The van der Waals surface area contributed by atoms with E-state index in [1.165, 1.54) is 0 Å². The first-order valence-electron chi connectivity index (χ1n) is 7.45. The Morgan fingerprint density at radius 3 is 2.54 bits per heavy atom. The number of benzene rings is 2.